The van der Waals surface area contributed by atoms with E-state index in [2.05, 4.69) is 20.9 Å². The average molecular weight is 363 g/mol. The molecule has 0 unspecified atom stereocenters. The fourth-order valence-corrected chi connectivity index (χ4v) is 2.84. The Balaban J connectivity index is 2.23. The fraction of sp³-hybridized carbons (Fsp3) is 0.333. The number of carbonyl (C=O) groups excluding carboxylic acids is 1. The summed E-state index contributed by atoms with van der Waals surface area (Å²) in [6, 6.07) is 4.90. The second-order valence-corrected chi connectivity index (χ2v) is 6.18. The zero-order chi connectivity index (χ0) is 18.6. The predicted octanol–water partition coefficient (Wildman–Crippen LogP) is 3.05. The Labute approximate surface area is 152 Å². The van der Waals surface area contributed by atoms with Crippen LogP contribution >= 0.6 is 11.6 Å². The summed E-state index contributed by atoms with van der Waals surface area (Å²) < 4.78 is 0. The van der Waals surface area contributed by atoms with E-state index in [1.54, 1.807) is 26.1 Å². The van der Waals surface area contributed by atoms with Gasteiger partial charge in [-0.05, 0) is 38.5 Å². The van der Waals surface area contributed by atoms with Crippen LogP contribution in [0.2, 0.25) is 5.02 Å². The van der Waals surface area contributed by atoms with Gasteiger partial charge in [-0.2, -0.15) is 0 Å². The van der Waals surface area contributed by atoms with Crippen LogP contribution in [0.1, 0.15) is 34.1 Å². The zero-order valence-electron chi connectivity index (χ0n) is 14.8. The van der Waals surface area contributed by atoms with E-state index < -0.39 is 0 Å². The van der Waals surface area contributed by atoms with Crippen molar-refractivity contribution in [2.24, 2.45) is 0 Å². The zero-order valence-corrected chi connectivity index (χ0v) is 15.6. The summed E-state index contributed by atoms with van der Waals surface area (Å²) in [5.74, 6) is 0.370. The smallest absolute Gasteiger partial charge is 0.251 e. The number of aromatic nitrogens is 1. The molecule has 0 bridgehead atoms. The van der Waals surface area contributed by atoms with Gasteiger partial charge >= 0.3 is 0 Å². The number of benzene rings is 1. The Morgan fingerprint density at radius 1 is 1.24 bits per heavy atom. The molecule has 25 heavy (non-hydrogen) atoms. The van der Waals surface area contributed by atoms with Crippen molar-refractivity contribution in [1.82, 2.24) is 10.3 Å². The van der Waals surface area contributed by atoms with Crippen LogP contribution in [-0.4, -0.2) is 24.5 Å². The maximum atomic E-state index is 12.6. The number of carbonyl (C=O) groups is 1. The highest BCUT2D eigenvalue weighted by molar-refractivity contribution is 6.31. The summed E-state index contributed by atoms with van der Waals surface area (Å²) in [6.45, 7) is 6.52. The molecule has 0 saturated carbocycles. The van der Waals surface area contributed by atoms with Crippen LogP contribution in [0, 0.1) is 13.8 Å². The van der Waals surface area contributed by atoms with Gasteiger partial charge in [0.15, 0.2) is 5.43 Å². The number of H-pyrrole nitrogens is 1. The first-order valence-electron chi connectivity index (χ1n) is 8.10. The lowest BCUT2D eigenvalue weighted by atomic mass is 10.1. The van der Waals surface area contributed by atoms with Crippen molar-refractivity contribution >= 4 is 29.0 Å². The van der Waals surface area contributed by atoms with Crippen molar-refractivity contribution < 1.29 is 4.79 Å². The first-order chi connectivity index (χ1) is 11.9. The summed E-state index contributed by atoms with van der Waals surface area (Å²) in [4.78, 5) is 27.8. The maximum Gasteiger partial charge on any atom is 0.251 e. The van der Waals surface area contributed by atoms with Gasteiger partial charge in [-0.15, -0.1) is 0 Å². The second-order valence-electron chi connectivity index (χ2n) is 5.74. The number of hydrogen-bond donors (Lipinski definition) is 4. The maximum absolute atomic E-state index is 12.6. The summed E-state index contributed by atoms with van der Waals surface area (Å²) in [5.41, 5.74) is 3.25. The monoisotopic (exact) mass is 362 g/mol. The molecule has 4 N–H and O–H groups in total. The number of aromatic amines is 1. The Morgan fingerprint density at radius 2 is 1.96 bits per heavy atom. The summed E-state index contributed by atoms with van der Waals surface area (Å²) in [7, 11) is 1.73. The summed E-state index contributed by atoms with van der Waals surface area (Å²) >= 11 is 6.12. The molecule has 0 fully saturated rings. The minimum absolute atomic E-state index is 0.128. The Kier molecular flexibility index (Phi) is 6.09. The van der Waals surface area contributed by atoms with Gasteiger partial charge in [0, 0.05) is 53.7 Å². The highest BCUT2D eigenvalue weighted by Gasteiger charge is 2.15. The fourth-order valence-electron chi connectivity index (χ4n) is 2.62. The van der Waals surface area contributed by atoms with E-state index in [1.165, 1.54) is 6.07 Å². The molecular formula is C18H23ClN4O2. The Bertz CT molecular complexity index is 846. The number of pyridine rings is 1. The standard InChI is InChI=1S/C18H23ClN4O2/c1-5-21-15-7-12(19)6-13(10(15)2)18(25)22-9-14-11(3)23-17(20-4)8-16(14)24/h6-8,21H,5,9H2,1-4H3,(H,22,25)(H2,20,23,24). The Hall–Kier alpha value is -2.47. The van der Waals surface area contributed by atoms with Gasteiger partial charge in [0.2, 0.25) is 0 Å². The van der Waals surface area contributed by atoms with E-state index in [9.17, 15) is 9.59 Å². The summed E-state index contributed by atoms with van der Waals surface area (Å²) in [5, 5.41) is 9.38. The number of halogens is 1. The third-order valence-corrected chi connectivity index (χ3v) is 4.25. The van der Waals surface area contributed by atoms with Crippen molar-refractivity contribution in [3.05, 3.63) is 55.8 Å². The third kappa shape index (κ3) is 4.33. The molecule has 2 rings (SSSR count). The lowest BCUT2D eigenvalue weighted by molar-refractivity contribution is 0.0950. The van der Waals surface area contributed by atoms with Gasteiger partial charge in [0.25, 0.3) is 5.91 Å². The quantitative estimate of drug-likeness (QED) is 0.636. The van der Waals surface area contributed by atoms with Gasteiger partial charge < -0.3 is 20.9 Å². The highest BCUT2D eigenvalue weighted by atomic mass is 35.5. The van der Waals surface area contributed by atoms with Gasteiger partial charge in [-0.3, -0.25) is 9.59 Å². The van der Waals surface area contributed by atoms with Crippen LogP contribution in [0.4, 0.5) is 11.5 Å². The van der Waals surface area contributed by atoms with Crippen molar-refractivity contribution in [2.45, 2.75) is 27.3 Å². The van der Waals surface area contributed by atoms with Crippen LogP contribution in [0.15, 0.2) is 23.0 Å². The van der Waals surface area contributed by atoms with Crippen LogP contribution < -0.4 is 21.4 Å². The molecule has 0 spiro atoms. The van der Waals surface area contributed by atoms with Gasteiger partial charge in [-0.25, -0.2) is 0 Å². The molecular weight excluding hydrogens is 340 g/mol. The SMILES string of the molecule is CCNc1cc(Cl)cc(C(=O)NCc2c(C)[nH]c(NC)cc2=O)c1C. The number of anilines is 2. The van der Waals surface area contributed by atoms with Crippen molar-refractivity contribution in [2.75, 3.05) is 24.2 Å². The minimum atomic E-state index is -0.268. The molecule has 1 amide bonds. The molecule has 1 heterocycles. The van der Waals surface area contributed by atoms with Crippen LogP contribution in [-0.2, 0) is 6.54 Å². The molecule has 0 saturated heterocycles. The van der Waals surface area contributed by atoms with Gasteiger partial charge in [-0.1, -0.05) is 11.6 Å². The number of hydrogen-bond acceptors (Lipinski definition) is 4. The van der Waals surface area contributed by atoms with Gasteiger partial charge in [0.1, 0.15) is 5.82 Å². The molecule has 2 aromatic rings. The molecule has 0 radical (unpaired) electrons. The van der Waals surface area contributed by atoms with Crippen molar-refractivity contribution in [1.29, 1.82) is 0 Å². The number of rotatable bonds is 6. The minimum Gasteiger partial charge on any atom is -0.385 e. The lowest BCUT2D eigenvalue weighted by Gasteiger charge is -2.14. The molecule has 0 aliphatic heterocycles. The first kappa shape index (κ1) is 18.9. The predicted molar refractivity (Wildman–Crippen MR) is 103 cm³/mol. The van der Waals surface area contributed by atoms with E-state index in [1.807, 2.05) is 13.8 Å². The molecule has 1 aromatic carbocycles. The van der Waals surface area contributed by atoms with Gasteiger partial charge in [0.05, 0.1) is 0 Å². The number of aryl methyl sites for hydroxylation is 1. The van der Waals surface area contributed by atoms with Crippen LogP contribution in [0.25, 0.3) is 0 Å². The molecule has 7 heteroatoms. The molecule has 134 valence electrons. The van der Waals surface area contributed by atoms with Crippen LogP contribution in [0.3, 0.4) is 0 Å². The molecule has 0 aliphatic rings. The lowest BCUT2D eigenvalue weighted by Crippen LogP contribution is -2.28. The topological polar surface area (TPSA) is 86.0 Å². The Morgan fingerprint density at radius 3 is 2.56 bits per heavy atom. The van der Waals surface area contributed by atoms with Crippen molar-refractivity contribution in [3.63, 3.8) is 0 Å². The van der Waals surface area contributed by atoms with E-state index in [0.717, 1.165) is 17.8 Å². The van der Waals surface area contributed by atoms with E-state index in [-0.39, 0.29) is 17.9 Å². The van der Waals surface area contributed by atoms with E-state index >= 15 is 0 Å². The average Bonchev–Trinajstić information content (AvgIpc) is 2.56. The molecule has 0 atom stereocenters. The third-order valence-electron chi connectivity index (χ3n) is 4.03. The largest absolute Gasteiger partial charge is 0.385 e. The first-order valence-corrected chi connectivity index (χ1v) is 8.48. The summed E-state index contributed by atoms with van der Waals surface area (Å²) in [6.07, 6.45) is 0. The number of nitrogens with one attached hydrogen (secondary N) is 4. The molecule has 0 aliphatic carbocycles. The van der Waals surface area contributed by atoms with E-state index in [0.29, 0.717) is 27.7 Å². The highest BCUT2D eigenvalue weighted by Crippen LogP contribution is 2.25. The molecule has 1 aromatic heterocycles. The van der Waals surface area contributed by atoms with Crippen LogP contribution in [0.5, 0.6) is 0 Å². The molecule has 6 nitrogen and oxygen atoms in total. The van der Waals surface area contributed by atoms with E-state index in [4.69, 9.17) is 11.6 Å². The normalized spacial score (nSPS) is 10.4. The van der Waals surface area contributed by atoms with Crippen molar-refractivity contribution in [3.8, 4) is 0 Å². The number of amides is 1. The second kappa shape index (κ2) is 8.07.